The molecule has 22 heteroatoms. The molecule has 246 valence electrons. The molecular formula is C24H29N11O9S2. The molecule has 1 aliphatic heterocycles. The van der Waals surface area contributed by atoms with Crippen molar-refractivity contribution in [3.8, 4) is 5.75 Å². The summed E-state index contributed by atoms with van der Waals surface area (Å²) in [5.74, 6) is -3.30. The van der Waals surface area contributed by atoms with Crippen LogP contribution >= 0.6 is 11.3 Å². The van der Waals surface area contributed by atoms with Gasteiger partial charge in [0.15, 0.2) is 10.8 Å². The Balaban J connectivity index is 1.47. The number of amides is 2. The number of ether oxygens (including phenoxy) is 1. The minimum atomic E-state index is -4.99. The first-order valence-corrected chi connectivity index (χ1v) is 15.5. The minimum Gasteiger partial charge on any atom is -0.489 e. The fraction of sp³-hybridized carbons (Fsp3) is 0.333. The van der Waals surface area contributed by atoms with Gasteiger partial charge in [-0.2, -0.15) is 13.5 Å². The molecule has 2 aromatic heterocycles. The van der Waals surface area contributed by atoms with E-state index in [-0.39, 0.29) is 33.3 Å². The average Bonchev–Trinajstić information content (AvgIpc) is 3.68. The number of carboxylic acids is 1. The second kappa shape index (κ2) is 14.7. The van der Waals surface area contributed by atoms with Crippen LogP contribution in [0, 0.1) is 5.41 Å². The van der Waals surface area contributed by atoms with E-state index in [1.807, 2.05) is 0 Å². The number of nitrogen functional groups attached to an aromatic ring is 1. The third kappa shape index (κ3) is 8.29. The zero-order valence-corrected chi connectivity index (χ0v) is 25.3. The van der Waals surface area contributed by atoms with Crippen molar-refractivity contribution in [2.45, 2.75) is 31.2 Å². The van der Waals surface area contributed by atoms with Crippen molar-refractivity contribution >= 4 is 56.1 Å². The van der Waals surface area contributed by atoms with E-state index in [9.17, 15) is 32.5 Å². The first-order chi connectivity index (χ1) is 21.9. The van der Waals surface area contributed by atoms with Crippen molar-refractivity contribution in [2.24, 2.45) is 10.9 Å². The fourth-order valence-electron chi connectivity index (χ4n) is 4.04. The number of nitrogens with two attached hydrogens (primary N) is 2. The van der Waals surface area contributed by atoms with E-state index in [2.05, 4.69) is 30.9 Å². The van der Waals surface area contributed by atoms with Gasteiger partial charge in [-0.1, -0.05) is 5.16 Å². The molecule has 1 aliphatic rings. The molecule has 3 heterocycles. The molecule has 20 nitrogen and oxygen atoms in total. The van der Waals surface area contributed by atoms with Gasteiger partial charge in [-0.3, -0.25) is 24.2 Å². The van der Waals surface area contributed by atoms with Gasteiger partial charge in [0.25, 0.3) is 17.9 Å². The first kappa shape index (κ1) is 33.7. The van der Waals surface area contributed by atoms with Gasteiger partial charge in [0, 0.05) is 17.5 Å². The Morgan fingerprint density at radius 1 is 1.26 bits per heavy atom. The molecule has 0 bridgehead atoms. The summed E-state index contributed by atoms with van der Waals surface area (Å²) in [5.41, 5.74) is 11.0. The molecule has 0 aliphatic carbocycles. The molecule has 46 heavy (non-hydrogen) atoms. The van der Waals surface area contributed by atoms with Crippen molar-refractivity contribution < 1.29 is 42.0 Å². The highest BCUT2D eigenvalue weighted by atomic mass is 32.2. The predicted octanol–water partition coefficient (Wildman–Crippen LogP) is -1.97. The van der Waals surface area contributed by atoms with Crippen molar-refractivity contribution in [2.75, 3.05) is 25.4 Å². The van der Waals surface area contributed by atoms with E-state index in [4.69, 9.17) is 26.5 Å². The van der Waals surface area contributed by atoms with Gasteiger partial charge in [0.2, 0.25) is 0 Å². The molecule has 9 N–H and O–H groups in total. The van der Waals surface area contributed by atoms with E-state index in [0.29, 0.717) is 25.1 Å². The summed E-state index contributed by atoms with van der Waals surface area (Å²) in [6.45, 7) is 0.190. The predicted molar refractivity (Wildman–Crippen MR) is 160 cm³/mol. The number of thiazole rings is 1. The largest absolute Gasteiger partial charge is 0.489 e. The Morgan fingerprint density at radius 3 is 2.59 bits per heavy atom. The maximum absolute atomic E-state index is 13.3. The van der Waals surface area contributed by atoms with E-state index in [0.717, 1.165) is 17.7 Å². The number of hydrogen-bond acceptors (Lipinski definition) is 15. The number of aromatic nitrogens is 4. The average molecular weight is 680 g/mol. The van der Waals surface area contributed by atoms with E-state index < -0.39 is 58.6 Å². The van der Waals surface area contributed by atoms with Gasteiger partial charge < -0.3 is 36.8 Å². The summed E-state index contributed by atoms with van der Waals surface area (Å²) >= 11 is 0.931. The number of carboxylic acid groups (broad SMARTS) is 1. The quantitative estimate of drug-likeness (QED) is 0.0216. The molecule has 1 fully saturated rings. The molecule has 1 saturated heterocycles. The van der Waals surface area contributed by atoms with Crippen molar-refractivity contribution in [1.82, 2.24) is 34.7 Å². The Labute approximate surface area is 264 Å². The van der Waals surface area contributed by atoms with Gasteiger partial charge in [-0.25, -0.2) is 19.1 Å². The summed E-state index contributed by atoms with van der Waals surface area (Å²) in [6.07, 6.45) is 1.36. The molecule has 1 unspecified atom stereocenters. The highest BCUT2D eigenvalue weighted by Gasteiger charge is 2.54. The van der Waals surface area contributed by atoms with Crippen LogP contribution in [-0.2, 0) is 36.1 Å². The summed E-state index contributed by atoms with van der Waals surface area (Å²) in [4.78, 5) is 50.7. The molecule has 4 rings (SSSR count). The number of nitrogens with zero attached hydrogens (tertiary/aromatic N) is 6. The molecule has 0 saturated carbocycles. The number of β-lactam (4-membered cyclic amide) rings is 1. The standard InChI is InChI=1S/C24H29N11O9S2/c25-6-1-7-29-20(26)13-2-4-14(5-3-13)43-9-17(23(38)39)44-33-18(15-10-45-24(27)31-15)21(36)32-19-16(8-34-12-28-11-30-34)35(22(19)37)46(40,41)42/h2-5,10-12,16-17,19H,1,6-9,25H2,(H2,26,29)(H2,27,31)(H,32,36)(H,38,39)(H,40,41,42)/b33-18-/t16-,17-,19?/m0/s1. The summed E-state index contributed by atoms with van der Waals surface area (Å²) in [6, 6.07) is 3.46. The number of oxime groups is 1. The normalized spacial score (nSPS) is 17.1. The zero-order valence-electron chi connectivity index (χ0n) is 23.7. The lowest BCUT2D eigenvalue weighted by Gasteiger charge is -2.43. The lowest BCUT2D eigenvalue weighted by Crippen LogP contribution is -2.73. The second-order valence-electron chi connectivity index (χ2n) is 9.47. The van der Waals surface area contributed by atoms with Crippen LogP contribution in [0.2, 0.25) is 0 Å². The van der Waals surface area contributed by atoms with Crippen molar-refractivity contribution in [3.05, 3.63) is 53.6 Å². The number of aliphatic carboxylic acids is 1. The lowest BCUT2D eigenvalue weighted by molar-refractivity contribution is -0.152. The zero-order chi connectivity index (χ0) is 33.4. The molecular weight excluding hydrogens is 650 g/mol. The van der Waals surface area contributed by atoms with Gasteiger partial charge >= 0.3 is 16.3 Å². The Hall–Kier alpha value is -5.19. The Morgan fingerprint density at radius 2 is 2.00 bits per heavy atom. The highest BCUT2D eigenvalue weighted by molar-refractivity contribution is 7.84. The number of amidine groups is 1. The molecule has 0 spiro atoms. The van der Waals surface area contributed by atoms with Crippen molar-refractivity contribution in [3.63, 3.8) is 0 Å². The van der Waals surface area contributed by atoms with Crippen LogP contribution in [-0.4, -0.2) is 109 Å². The van der Waals surface area contributed by atoms with Gasteiger partial charge in [0.1, 0.15) is 42.6 Å². The summed E-state index contributed by atoms with van der Waals surface area (Å²) in [7, 11) is -4.99. The van der Waals surface area contributed by atoms with Crippen LogP contribution in [0.3, 0.4) is 0 Å². The van der Waals surface area contributed by atoms with Crippen LogP contribution in [0.1, 0.15) is 17.7 Å². The molecule has 3 atom stereocenters. The number of carbonyl (C=O) groups is 3. The summed E-state index contributed by atoms with van der Waals surface area (Å²) in [5, 5.41) is 31.9. The number of hydrogen-bond donors (Lipinski definition) is 7. The molecule has 0 radical (unpaired) electrons. The fourth-order valence-corrected chi connectivity index (χ4v) is 5.46. The maximum Gasteiger partial charge on any atom is 0.362 e. The van der Waals surface area contributed by atoms with Crippen LogP contribution < -0.4 is 26.8 Å². The van der Waals surface area contributed by atoms with E-state index in [1.54, 1.807) is 12.1 Å². The third-order valence-electron chi connectivity index (χ3n) is 6.30. The van der Waals surface area contributed by atoms with E-state index in [1.165, 1.54) is 28.5 Å². The third-order valence-corrected chi connectivity index (χ3v) is 7.92. The maximum atomic E-state index is 13.3. The van der Waals surface area contributed by atoms with Crippen molar-refractivity contribution in [1.29, 1.82) is 5.41 Å². The van der Waals surface area contributed by atoms with Gasteiger partial charge in [-0.15, -0.1) is 11.3 Å². The number of anilines is 1. The monoisotopic (exact) mass is 679 g/mol. The van der Waals surface area contributed by atoms with E-state index >= 15 is 0 Å². The second-order valence-corrected chi connectivity index (χ2v) is 11.6. The van der Waals surface area contributed by atoms with Crippen LogP contribution in [0.15, 0.2) is 47.5 Å². The van der Waals surface area contributed by atoms with Crippen LogP contribution in [0.25, 0.3) is 0 Å². The number of nitrogens with one attached hydrogen (secondary N) is 3. The molecule has 2 amide bonds. The number of benzene rings is 1. The topological polar surface area (TPSA) is 303 Å². The number of carbonyl (C=O) groups excluding carboxylic acids is 2. The van der Waals surface area contributed by atoms with Gasteiger partial charge in [-0.05, 0) is 37.2 Å². The smallest absolute Gasteiger partial charge is 0.362 e. The van der Waals surface area contributed by atoms with Gasteiger partial charge in [0.05, 0.1) is 12.6 Å². The molecule has 1 aromatic carbocycles. The van der Waals surface area contributed by atoms with Crippen LogP contribution in [0.5, 0.6) is 5.75 Å². The summed E-state index contributed by atoms with van der Waals surface area (Å²) < 4.78 is 40.0. The highest BCUT2D eigenvalue weighted by Crippen LogP contribution is 2.25. The van der Waals surface area contributed by atoms with Crippen LogP contribution in [0.4, 0.5) is 5.13 Å². The Kier molecular flexibility index (Phi) is 10.8. The first-order valence-electron chi connectivity index (χ1n) is 13.3. The minimum absolute atomic E-state index is 0.0288. The lowest BCUT2D eigenvalue weighted by atomic mass is 9.98. The number of rotatable bonds is 16. The molecule has 3 aromatic rings. The SMILES string of the molecule is N=C(NCCCN)c1ccc(OC[C@H](O/N=C(\C(=O)NC2C(=O)N(S(=O)(=O)O)[C@H]2Cn2cncn2)c2csc(N)n2)C(=O)O)cc1. The Bertz CT molecular complexity index is 1700.